The highest BCUT2D eigenvalue weighted by atomic mass is 35.5. The fourth-order valence-electron chi connectivity index (χ4n) is 3.75. The van der Waals surface area contributed by atoms with E-state index >= 15 is 0 Å². The van der Waals surface area contributed by atoms with Crippen LogP contribution >= 0.6 is 58.2 Å². The number of thiazole rings is 1. The number of aromatic nitrogens is 2. The van der Waals surface area contributed by atoms with Crippen molar-refractivity contribution >= 4 is 81.1 Å². The standard InChI is InChI=1S/C21H22ClN7O6S4/c22-16-12(27-21(24)39-16)13(28-35)17(31)26-14-18(32)29-15(20(33)34)11(7-37-19(14)29)38-10-1-2-25-3-8(10)5-36-6-9(23)4-30/h1-3,9,13-14,19,30H,4-7,23H2,(H2,24,27)(H,26,31)(H,33,34)/t9?,13?,14-,19+/m1/s1. The lowest BCUT2D eigenvalue weighted by Gasteiger charge is -2.49. The van der Waals surface area contributed by atoms with Crippen molar-refractivity contribution in [2.45, 2.75) is 34.1 Å². The Kier molecular flexibility index (Phi) is 9.73. The number of aliphatic hydroxyl groups excluding tert-OH is 1. The first-order valence-electron chi connectivity index (χ1n) is 11.2. The summed E-state index contributed by atoms with van der Waals surface area (Å²) in [5.74, 6) is -1.45. The molecule has 13 nitrogen and oxygen atoms in total. The number of nitrogens with zero attached hydrogens (tertiary/aromatic N) is 4. The minimum atomic E-state index is -1.61. The third-order valence-electron chi connectivity index (χ3n) is 5.59. The topological polar surface area (TPSA) is 214 Å². The van der Waals surface area contributed by atoms with Crippen LogP contribution < -0.4 is 16.8 Å². The van der Waals surface area contributed by atoms with Crippen molar-refractivity contribution < 1.29 is 24.6 Å². The first kappa shape index (κ1) is 29.6. The van der Waals surface area contributed by atoms with Gasteiger partial charge in [-0.25, -0.2) is 9.78 Å². The van der Waals surface area contributed by atoms with Crippen molar-refractivity contribution in [2.75, 3.05) is 23.8 Å². The summed E-state index contributed by atoms with van der Waals surface area (Å²) in [7, 11) is 0. The van der Waals surface area contributed by atoms with Gasteiger partial charge in [-0.05, 0) is 16.8 Å². The number of aliphatic hydroxyl groups is 1. The molecule has 208 valence electrons. The number of thioether (sulfide) groups is 3. The van der Waals surface area contributed by atoms with Crippen molar-refractivity contribution in [1.29, 1.82) is 0 Å². The van der Waals surface area contributed by atoms with Gasteiger partial charge in [0, 0.05) is 45.5 Å². The van der Waals surface area contributed by atoms with Crippen molar-refractivity contribution in [3.63, 3.8) is 0 Å². The lowest BCUT2D eigenvalue weighted by Crippen LogP contribution is -2.70. The summed E-state index contributed by atoms with van der Waals surface area (Å²) < 4.78 is 0.0312. The molecule has 4 heterocycles. The van der Waals surface area contributed by atoms with Gasteiger partial charge in [0.2, 0.25) is 6.04 Å². The van der Waals surface area contributed by atoms with Gasteiger partial charge >= 0.3 is 5.97 Å². The normalized spacial score (nSPS) is 20.2. The molecular formula is C21H22ClN7O6S4. The molecule has 2 amide bonds. The van der Waals surface area contributed by atoms with Gasteiger partial charge in [-0.3, -0.25) is 19.5 Å². The van der Waals surface area contributed by atoms with Crippen LogP contribution in [0.5, 0.6) is 0 Å². The Bertz CT molecular complexity index is 1330. The average Bonchev–Trinajstić information content (AvgIpc) is 3.25. The third-order valence-corrected chi connectivity index (χ3v) is 10.5. The SMILES string of the molecule is Nc1nc(C(N=O)C(=O)N[C@@H]2C(=O)N3C(C(=O)O)=C(Sc4ccncc4CSCC(N)CO)CS[C@@H]23)c(Cl)s1. The second-order valence-electron chi connectivity index (χ2n) is 8.24. The number of fused-ring (bicyclic) bond motifs is 1. The van der Waals surface area contributed by atoms with E-state index in [2.05, 4.69) is 20.5 Å². The number of rotatable bonds is 12. The summed E-state index contributed by atoms with van der Waals surface area (Å²) in [5, 5.41) is 23.8. The van der Waals surface area contributed by atoms with Gasteiger partial charge in [0.25, 0.3) is 11.8 Å². The predicted molar refractivity (Wildman–Crippen MR) is 151 cm³/mol. The number of hydrogen-bond donors (Lipinski definition) is 5. The zero-order valence-electron chi connectivity index (χ0n) is 19.9. The summed E-state index contributed by atoms with van der Waals surface area (Å²) >= 11 is 10.9. The number of hydrogen-bond acceptors (Lipinski definition) is 14. The van der Waals surface area contributed by atoms with Gasteiger partial charge < -0.3 is 27.0 Å². The van der Waals surface area contributed by atoms with E-state index in [0.29, 0.717) is 16.4 Å². The number of carboxylic acids is 1. The van der Waals surface area contributed by atoms with Crippen LogP contribution in [-0.4, -0.2) is 78.4 Å². The Labute approximate surface area is 243 Å². The van der Waals surface area contributed by atoms with E-state index in [1.165, 1.54) is 35.3 Å². The van der Waals surface area contributed by atoms with E-state index in [-0.39, 0.29) is 39.3 Å². The van der Waals surface area contributed by atoms with Crippen LogP contribution in [0, 0.1) is 4.91 Å². The highest BCUT2D eigenvalue weighted by Gasteiger charge is 2.55. The number of nitroso groups, excluding NO2 is 1. The number of amides is 2. The van der Waals surface area contributed by atoms with Gasteiger partial charge in [0.05, 0.1) is 6.61 Å². The number of nitrogens with one attached hydrogen (secondary N) is 1. The maximum absolute atomic E-state index is 13.0. The molecule has 2 aromatic heterocycles. The van der Waals surface area contributed by atoms with Gasteiger partial charge in [0.1, 0.15) is 27.1 Å². The first-order chi connectivity index (χ1) is 18.7. The van der Waals surface area contributed by atoms with Crippen LogP contribution in [0.15, 0.2) is 39.1 Å². The fourth-order valence-corrected chi connectivity index (χ4v) is 8.36. The Morgan fingerprint density at radius 2 is 2.18 bits per heavy atom. The number of aliphatic carboxylic acids is 1. The molecule has 2 aliphatic rings. The van der Waals surface area contributed by atoms with Gasteiger partial charge in [-0.2, -0.15) is 11.8 Å². The molecule has 18 heteroatoms. The monoisotopic (exact) mass is 631 g/mol. The predicted octanol–water partition coefficient (Wildman–Crippen LogP) is 1.62. The van der Waals surface area contributed by atoms with E-state index < -0.39 is 35.2 Å². The minimum absolute atomic E-state index is 0.0312. The van der Waals surface area contributed by atoms with E-state index in [9.17, 15) is 24.4 Å². The van der Waals surface area contributed by atoms with Crippen LogP contribution in [0.25, 0.3) is 0 Å². The van der Waals surface area contributed by atoms with Crippen molar-refractivity contribution in [1.82, 2.24) is 20.2 Å². The molecule has 0 aromatic carbocycles. The summed E-state index contributed by atoms with van der Waals surface area (Å²) in [6.07, 6.45) is 3.27. The lowest BCUT2D eigenvalue weighted by molar-refractivity contribution is -0.150. The molecule has 4 atom stereocenters. The number of carbonyl (C=O) groups is 3. The average molecular weight is 632 g/mol. The van der Waals surface area contributed by atoms with Crippen LogP contribution in [0.1, 0.15) is 17.3 Å². The number of halogens is 1. The summed E-state index contributed by atoms with van der Waals surface area (Å²) in [4.78, 5) is 59.9. The van der Waals surface area contributed by atoms with E-state index in [1.54, 1.807) is 18.5 Å². The molecule has 0 aliphatic carbocycles. The zero-order valence-corrected chi connectivity index (χ0v) is 23.9. The maximum Gasteiger partial charge on any atom is 0.353 e. The molecule has 2 aromatic rings. The molecule has 2 aliphatic heterocycles. The molecular weight excluding hydrogens is 610 g/mol. The molecule has 4 rings (SSSR count). The van der Waals surface area contributed by atoms with Gasteiger partial charge in [0.15, 0.2) is 5.13 Å². The number of pyridine rings is 1. The highest BCUT2D eigenvalue weighted by Crippen LogP contribution is 2.46. The molecule has 0 bridgehead atoms. The number of β-lactam (4-membered cyclic amide) rings is 1. The maximum atomic E-state index is 13.0. The van der Waals surface area contributed by atoms with Crippen LogP contribution in [0.2, 0.25) is 4.34 Å². The van der Waals surface area contributed by atoms with Crippen molar-refractivity contribution in [2.24, 2.45) is 10.9 Å². The van der Waals surface area contributed by atoms with E-state index in [0.717, 1.165) is 26.7 Å². The number of nitrogen functional groups attached to an aromatic ring is 1. The van der Waals surface area contributed by atoms with Crippen LogP contribution in [0.4, 0.5) is 5.13 Å². The van der Waals surface area contributed by atoms with Gasteiger partial charge in [-0.1, -0.05) is 34.7 Å². The van der Waals surface area contributed by atoms with E-state index in [4.69, 9.17) is 28.2 Å². The fraction of sp³-hybridized carbons (Fsp3) is 0.381. The van der Waals surface area contributed by atoms with E-state index in [1.807, 2.05) is 0 Å². The molecule has 7 N–H and O–H groups in total. The first-order valence-corrected chi connectivity index (χ1v) is 15.4. The van der Waals surface area contributed by atoms with Crippen molar-refractivity contribution in [3.05, 3.63) is 49.6 Å². The summed E-state index contributed by atoms with van der Waals surface area (Å²) in [6.45, 7) is -0.125. The largest absolute Gasteiger partial charge is 0.477 e. The third kappa shape index (κ3) is 6.34. The van der Waals surface area contributed by atoms with Gasteiger partial charge in [-0.15, -0.1) is 16.7 Å². The minimum Gasteiger partial charge on any atom is -0.477 e. The molecule has 1 fully saturated rings. The molecule has 2 unspecified atom stereocenters. The number of anilines is 1. The number of carbonyl (C=O) groups excluding carboxylic acids is 2. The Morgan fingerprint density at radius 1 is 1.41 bits per heavy atom. The quantitative estimate of drug-likeness (QED) is 0.166. The number of nitrogens with two attached hydrogens (primary N) is 2. The van der Waals surface area contributed by atoms with Crippen LogP contribution in [-0.2, 0) is 20.1 Å². The van der Waals surface area contributed by atoms with Crippen LogP contribution in [0.3, 0.4) is 0 Å². The second-order valence-corrected chi connectivity index (χ2v) is 13.1. The smallest absolute Gasteiger partial charge is 0.353 e. The molecule has 0 saturated carbocycles. The Hall–Kier alpha value is -2.41. The molecule has 39 heavy (non-hydrogen) atoms. The molecule has 0 spiro atoms. The lowest BCUT2D eigenvalue weighted by atomic mass is 10.0. The van der Waals surface area contributed by atoms with Crippen molar-refractivity contribution in [3.8, 4) is 0 Å². The summed E-state index contributed by atoms with van der Waals surface area (Å²) in [5.41, 5.74) is 11.9. The highest BCUT2D eigenvalue weighted by molar-refractivity contribution is 8.06. The number of carboxylic acid groups (broad SMARTS) is 1. The Morgan fingerprint density at radius 3 is 2.82 bits per heavy atom. The molecule has 0 radical (unpaired) electrons. The Balaban J connectivity index is 1.49. The zero-order chi connectivity index (χ0) is 28.3. The molecule has 1 saturated heterocycles. The second kappa shape index (κ2) is 12.8. The summed E-state index contributed by atoms with van der Waals surface area (Å²) in [6, 6.07) is -1.27.